The summed E-state index contributed by atoms with van der Waals surface area (Å²) in [6.45, 7) is 3.00. The molecular weight excluding hydrogens is 383 g/mol. The second-order valence-electron chi connectivity index (χ2n) is 6.96. The molecule has 2 atom stereocenters. The summed E-state index contributed by atoms with van der Waals surface area (Å²) in [6.07, 6.45) is 1.26. The molecule has 2 saturated heterocycles. The zero-order chi connectivity index (χ0) is 18.8. The van der Waals surface area contributed by atoms with Crippen LogP contribution in [-0.4, -0.2) is 48.1 Å². The van der Waals surface area contributed by atoms with Crippen LogP contribution < -0.4 is 10.9 Å². The average Bonchev–Trinajstić information content (AvgIpc) is 3.20. The molecule has 5 nitrogen and oxygen atoms in total. The fraction of sp³-hybridized carbons (Fsp3) is 0.350. The number of carbonyl (C=O) groups excluding carboxylic acids is 1. The van der Waals surface area contributed by atoms with Crippen LogP contribution in [0.5, 0.6) is 0 Å². The van der Waals surface area contributed by atoms with Gasteiger partial charge in [0.25, 0.3) is 5.91 Å². The Morgan fingerprint density at radius 1 is 0.963 bits per heavy atom. The molecule has 2 unspecified atom stereocenters. The van der Waals surface area contributed by atoms with Gasteiger partial charge in [-0.15, -0.1) is 0 Å². The van der Waals surface area contributed by atoms with E-state index >= 15 is 0 Å². The van der Waals surface area contributed by atoms with Crippen LogP contribution in [-0.2, 0) is 0 Å². The molecule has 0 radical (unpaired) electrons. The minimum absolute atomic E-state index is 0.0539. The van der Waals surface area contributed by atoms with Crippen LogP contribution in [0.1, 0.15) is 28.4 Å². The molecule has 0 saturated carbocycles. The van der Waals surface area contributed by atoms with E-state index in [0.717, 1.165) is 19.5 Å². The summed E-state index contributed by atoms with van der Waals surface area (Å²) in [6, 6.07) is 15.8. The van der Waals surface area contributed by atoms with E-state index in [1.807, 2.05) is 11.0 Å². The van der Waals surface area contributed by atoms with E-state index in [4.69, 9.17) is 23.2 Å². The van der Waals surface area contributed by atoms with Crippen molar-refractivity contribution in [1.29, 1.82) is 0 Å². The number of rotatable bonds is 3. The van der Waals surface area contributed by atoms with Crippen LogP contribution in [0.4, 0.5) is 0 Å². The Morgan fingerprint density at radius 2 is 1.70 bits per heavy atom. The number of piperazine rings is 1. The van der Waals surface area contributed by atoms with Crippen molar-refractivity contribution in [3.63, 3.8) is 0 Å². The maximum Gasteiger partial charge on any atom is 0.255 e. The van der Waals surface area contributed by atoms with Gasteiger partial charge in [0.1, 0.15) is 0 Å². The molecule has 0 spiro atoms. The lowest BCUT2D eigenvalue weighted by atomic mass is 10.0. The molecule has 2 fully saturated rings. The van der Waals surface area contributed by atoms with E-state index in [9.17, 15) is 4.79 Å². The molecule has 1 amide bonds. The van der Waals surface area contributed by atoms with Crippen molar-refractivity contribution in [1.82, 2.24) is 20.7 Å². The second kappa shape index (κ2) is 8.17. The van der Waals surface area contributed by atoms with Crippen LogP contribution in [0, 0.1) is 0 Å². The number of hydrogen-bond acceptors (Lipinski definition) is 4. The quantitative estimate of drug-likeness (QED) is 0.823. The van der Waals surface area contributed by atoms with E-state index in [0.29, 0.717) is 34.7 Å². The minimum Gasteiger partial charge on any atom is -0.336 e. The van der Waals surface area contributed by atoms with Gasteiger partial charge in [0, 0.05) is 37.2 Å². The molecule has 2 aromatic carbocycles. The largest absolute Gasteiger partial charge is 0.336 e. The summed E-state index contributed by atoms with van der Waals surface area (Å²) in [5.41, 5.74) is 8.55. The SMILES string of the molecule is O=C(c1cc(Cl)ccc1Cl)N1CCN(C2CC(c3ccccc3)NN2)CC1. The average molecular weight is 405 g/mol. The lowest BCUT2D eigenvalue weighted by molar-refractivity contribution is 0.0545. The summed E-state index contributed by atoms with van der Waals surface area (Å²) in [4.78, 5) is 17.0. The summed E-state index contributed by atoms with van der Waals surface area (Å²) < 4.78 is 0. The lowest BCUT2D eigenvalue weighted by Gasteiger charge is -2.37. The molecule has 0 aliphatic carbocycles. The predicted molar refractivity (Wildman–Crippen MR) is 108 cm³/mol. The summed E-state index contributed by atoms with van der Waals surface area (Å²) in [5.74, 6) is -0.0539. The van der Waals surface area contributed by atoms with Crippen LogP contribution in [0.25, 0.3) is 0 Å². The maximum atomic E-state index is 12.8. The summed E-state index contributed by atoms with van der Waals surface area (Å²) >= 11 is 12.2. The minimum atomic E-state index is -0.0539. The molecule has 2 N–H and O–H groups in total. The first-order valence-corrected chi connectivity index (χ1v) is 9.92. The van der Waals surface area contributed by atoms with Crippen molar-refractivity contribution in [3.05, 3.63) is 69.7 Å². The van der Waals surface area contributed by atoms with Gasteiger partial charge in [0.05, 0.1) is 16.8 Å². The van der Waals surface area contributed by atoms with Gasteiger partial charge in [-0.3, -0.25) is 9.69 Å². The van der Waals surface area contributed by atoms with Crippen molar-refractivity contribution >= 4 is 29.1 Å². The van der Waals surface area contributed by atoms with Gasteiger partial charge < -0.3 is 4.90 Å². The number of hydrogen-bond donors (Lipinski definition) is 2. The predicted octanol–water partition coefficient (Wildman–Crippen LogP) is 3.32. The number of amides is 1. The van der Waals surface area contributed by atoms with Gasteiger partial charge in [-0.05, 0) is 30.2 Å². The lowest BCUT2D eigenvalue weighted by Crippen LogP contribution is -2.55. The van der Waals surface area contributed by atoms with Crippen LogP contribution in [0.15, 0.2) is 48.5 Å². The molecule has 2 aliphatic rings. The van der Waals surface area contributed by atoms with Crippen molar-refractivity contribution in [2.75, 3.05) is 26.2 Å². The molecular formula is C20H22Cl2N4O. The fourth-order valence-corrected chi connectivity index (χ4v) is 4.12. The fourth-order valence-electron chi connectivity index (χ4n) is 3.75. The number of hydrazine groups is 1. The molecule has 0 bridgehead atoms. The van der Waals surface area contributed by atoms with Crippen molar-refractivity contribution in [2.45, 2.75) is 18.6 Å². The van der Waals surface area contributed by atoms with Gasteiger partial charge in [0.2, 0.25) is 0 Å². The Labute approximate surface area is 169 Å². The third-order valence-corrected chi connectivity index (χ3v) is 5.85. The molecule has 2 aromatic rings. The van der Waals surface area contributed by atoms with Gasteiger partial charge in [0.15, 0.2) is 0 Å². The number of nitrogens with zero attached hydrogens (tertiary/aromatic N) is 2. The zero-order valence-corrected chi connectivity index (χ0v) is 16.4. The number of benzene rings is 2. The van der Waals surface area contributed by atoms with E-state index in [1.165, 1.54) is 5.56 Å². The first-order valence-electron chi connectivity index (χ1n) is 9.16. The third kappa shape index (κ3) is 4.13. The highest BCUT2D eigenvalue weighted by Gasteiger charge is 2.32. The molecule has 2 aliphatic heterocycles. The molecule has 142 valence electrons. The number of carbonyl (C=O) groups is 1. The molecule has 4 rings (SSSR count). The van der Waals surface area contributed by atoms with E-state index < -0.39 is 0 Å². The Morgan fingerprint density at radius 3 is 2.44 bits per heavy atom. The standard InChI is InChI=1S/C20H22Cl2N4O/c21-15-6-7-17(22)16(12-15)20(27)26-10-8-25(9-11-26)19-13-18(23-24-19)14-4-2-1-3-5-14/h1-7,12,18-19,23-24H,8-11,13H2. The summed E-state index contributed by atoms with van der Waals surface area (Å²) in [7, 11) is 0. The smallest absolute Gasteiger partial charge is 0.255 e. The number of nitrogens with one attached hydrogen (secondary N) is 2. The molecule has 0 aromatic heterocycles. The van der Waals surface area contributed by atoms with Crippen LogP contribution in [0.2, 0.25) is 10.0 Å². The van der Waals surface area contributed by atoms with E-state index in [-0.39, 0.29) is 12.1 Å². The monoisotopic (exact) mass is 404 g/mol. The van der Waals surface area contributed by atoms with E-state index in [1.54, 1.807) is 18.2 Å². The topological polar surface area (TPSA) is 47.6 Å². The Kier molecular flexibility index (Phi) is 5.66. The van der Waals surface area contributed by atoms with E-state index in [2.05, 4.69) is 40.0 Å². The highest BCUT2D eigenvalue weighted by Crippen LogP contribution is 2.26. The van der Waals surface area contributed by atoms with Gasteiger partial charge in [-0.25, -0.2) is 10.9 Å². The molecule has 7 heteroatoms. The highest BCUT2D eigenvalue weighted by atomic mass is 35.5. The van der Waals surface area contributed by atoms with Gasteiger partial charge >= 0.3 is 0 Å². The van der Waals surface area contributed by atoms with Gasteiger partial charge in [-0.1, -0.05) is 53.5 Å². The van der Waals surface area contributed by atoms with Crippen molar-refractivity contribution < 1.29 is 4.79 Å². The van der Waals surface area contributed by atoms with Crippen LogP contribution >= 0.6 is 23.2 Å². The third-order valence-electron chi connectivity index (χ3n) is 5.29. The normalized spacial score (nSPS) is 23.6. The Balaban J connectivity index is 1.34. The summed E-state index contributed by atoms with van der Waals surface area (Å²) in [5, 5.41) is 0.966. The molecule has 27 heavy (non-hydrogen) atoms. The van der Waals surface area contributed by atoms with Crippen molar-refractivity contribution in [2.24, 2.45) is 0 Å². The zero-order valence-electron chi connectivity index (χ0n) is 14.9. The maximum absolute atomic E-state index is 12.8. The highest BCUT2D eigenvalue weighted by molar-refractivity contribution is 6.35. The van der Waals surface area contributed by atoms with Crippen molar-refractivity contribution in [3.8, 4) is 0 Å². The molecule has 2 heterocycles. The van der Waals surface area contributed by atoms with Gasteiger partial charge in [-0.2, -0.15) is 0 Å². The first-order chi connectivity index (χ1) is 13.1. The second-order valence-corrected chi connectivity index (χ2v) is 7.80. The number of halogens is 2. The van der Waals surface area contributed by atoms with Crippen LogP contribution in [0.3, 0.4) is 0 Å². The Bertz CT molecular complexity index is 809. The Hall–Kier alpha value is -1.63. The first kappa shape index (κ1) is 18.7.